The number of allylic oxidation sites excluding steroid dienone is 16. The van der Waals surface area contributed by atoms with Gasteiger partial charge in [0.05, 0.1) is 43.5 Å². The minimum absolute atomic E-state index is 0. The molecule has 0 aromatic carbocycles. The average Bonchev–Trinajstić information content (AvgIpc) is 1.57. The Balaban J connectivity index is 0.000000201. The lowest BCUT2D eigenvalue weighted by molar-refractivity contribution is -0.228. The van der Waals surface area contributed by atoms with E-state index in [0.717, 1.165) is 24.0 Å². The molecular formula is C105H146ClF3O26. The molecule has 16 aliphatic rings. The molecule has 26 nitrogen and oxygen atoms in total. The third-order valence-electron chi connectivity index (χ3n) is 36.4. The maximum absolute atomic E-state index is 17.4. The number of ether oxygens (including phenoxy) is 7. The van der Waals surface area contributed by atoms with Gasteiger partial charge < -0.3 is 63.8 Å². The smallest absolute Gasteiger partial charge is 0.458 e. The predicted molar refractivity (Wildman–Crippen MR) is 495 cm³/mol. The molecule has 0 aliphatic heterocycles. The zero-order chi connectivity index (χ0) is 96.7. The van der Waals surface area contributed by atoms with Crippen molar-refractivity contribution in [3.8, 4) is 0 Å². The second-order valence-electron chi connectivity index (χ2n) is 41.9. The summed E-state index contributed by atoms with van der Waals surface area (Å²) in [6.45, 7) is 28.1. The minimum Gasteiger partial charge on any atom is -0.458 e. The zero-order valence-electron chi connectivity index (χ0n) is 77.8. The third-order valence-corrected chi connectivity index (χ3v) is 36.6. The molecule has 0 bridgehead atoms. The molecular weight excluding hydrogens is 1770 g/mol. The fourth-order valence-corrected chi connectivity index (χ4v) is 30.1. The Morgan fingerprint density at radius 2 is 0.881 bits per heavy atom. The fraction of sp³-hybridized carbons (Fsp3) is 0.705. The molecule has 0 radical (unpaired) electrons. The highest BCUT2D eigenvalue weighted by Crippen LogP contribution is 2.76. The summed E-state index contributed by atoms with van der Waals surface area (Å²) >= 11 is 5.81. The molecule has 30 heteroatoms. The van der Waals surface area contributed by atoms with Crippen molar-refractivity contribution in [1.29, 1.82) is 0 Å². The van der Waals surface area contributed by atoms with Crippen LogP contribution in [-0.2, 0) is 85.9 Å². The van der Waals surface area contributed by atoms with E-state index in [0.29, 0.717) is 68.9 Å². The highest BCUT2D eigenvalue weighted by Gasteiger charge is 2.81. The summed E-state index contributed by atoms with van der Waals surface area (Å²) in [6, 6.07) is 0. The molecule has 0 aromatic heterocycles. The van der Waals surface area contributed by atoms with Crippen LogP contribution in [0.1, 0.15) is 256 Å². The van der Waals surface area contributed by atoms with Crippen LogP contribution in [0.3, 0.4) is 0 Å². The Morgan fingerprint density at radius 3 is 1.36 bits per heavy atom. The maximum Gasteiger partial charge on any atom is 0.509 e. The van der Waals surface area contributed by atoms with Gasteiger partial charge in [0, 0.05) is 92.7 Å². The molecule has 6 N–H and O–H groups in total. The molecule has 0 saturated heterocycles. The van der Waals surface area contributed by atoms with Crippen molar-refractivity contribution < 1.29 is 139 Å². The first kappa shape index (κ1) is 110. The van der Waals surface area contributed by atoms with Gasteiger partial charge in [-0.1, -0.05) is 145 Å². The van der Waals surface area contributed by atoms with Gasteiger partial charge in [-0.2, -0.15) is 0 Å². The largest absolute Gasteiger partial charge is 0.509 e. The number of rotatable bonds is 17. The van der Waals surface area contributed by atoms with Crippen LogP contribution in [0.15, 0.2) is 107 Å². The van der Waals surface area contributed by atoms with Gasteiger partial charge in [0.25, 0.3) is 0 Å². The summed E-state index contributed by atoms with van der Waals surface area (Å²) in [5.74, 6) is -8.68. The molecule has 0 unspecified atom stereocenters. The number of esters is 3. The van der Waals surface area contributed by atoms with Crippen LogP contribution in [0.25, 0.3) is 0 Å². The predicted octanol–water partition coefficient (Wildman–Crippen LogP) is 15.8. The standard InChI is InChI=1S/C28H37FO7.C27H36O9.C24H29FO6.C22H28ClFO4.4CH4/c1-6-23(33)35-15-22(32)28(36-24(34)7-2)16(3)12-20-19-9-8-17-13-18(30)10-11-25(17,4)27(19,29)21(31)14-26(20,28)5;1-5-33-23(31)35-15-21(30)27(36-24(32)34-6-2)12-10-19-18-8-7-16-13-17(28)9-11-25(16,3)22(18)20(29)14-26(19,27)4;1-13-9-18-17-6-5-15-10-16(27)7-8-21(15,3)23(17,25)19(28)11-22(18,4)24(13,30)20(29)12-31-14(2)26;1-12-8-16-15-5-4-13-9-14(25)6-7-19(13,2)21(15,24)17(26)10-20(16,3)22(12,28)18(27)11-23;;;;/h10-11,13,16,19-21,31H,6-9,12,14-15H2,1-5H3;9,11,13,18-20,22,29H,5-8,10,12,14-15H2,1-4H3;7-8,10,17-19,28,30H,1,5-6,9,11-12H2,2-4H3;6-7,9,12,15-17,26,28H,4-5,8,10-11H2,1-3H3;4*1H4/t16-,19-,20-,21-,25-,26-,27-,28-;18-,19-,20-,22+,25-,26-,27-;17-,18-,19-,21-,22-,23-,24-;12-,15-,16-,17-,19-,20-,21-,22-;;;;/m0000..../s1. The van der Waals surface area contributed by atoms with Crippen molar-refractivity contribution in [2.45, 2.75) is 319 Å². The summed E-state index contributed by atoms with van der Waals surface area (Å²) in [5, 5.41) is 68.5. The van der Waals surface area contributed by atoms with Crippen molar-refractivity contribution in [2.75, 3.05) is 38.9 Å². The van der Waals surface area contributed by atoms with E-state index in [1.54, 1.807) is 92.7 Å². The molecule has 0 heterocycles. The van der Waals surface area contributed by atoms with Gasteiger partial charge >= 0.3 is 30.2 Å². The average molecular weight is 1920 g/mol. The first-order valence-electron chi connectivity index (χ1n) is 46.7. The van der Waals surface area contributed by atoms with Crippen LogP contribution in [0.5, 0.6) is 0 Å². The first-order chi connectivity index (χ1) is 61.1. The van der Waals surface area contributed by atoms with Crippen LogP contribution in [0.2, 0.25) is 0 Å². The Morgan fingerprint density at radius 1 is 0.459 bits per heavy atom. The van der Waals surface area contributed by atoms with Gasteiger partial charge in [0.15, 0.2) is 82.5 Å². The lowest BCUT2D eigenvalue weighted by atomic mass is 9.44. The number of Topliss-reactive ketones (excluding diaryl/α,β-unsaturated/α-hetero) is 4. The molecule has 0 spiro atoms. The highest BCUT2D eigenvalue weighted by molar-refractivity contribution is 6.29. The van der Waals surface area contributed by atoms with Gasteiger partial charge in [-0.3, -0.25) is 52.7 Å². The summed E-state index contributed by atoms with van der Waals surface area (Å²) in [7, 11) is 0. The second kappa shape index (κ2) is 38.8. The van der Waals surface area contributed by atoms with E-state index < -0.39 is 210 Å². The van der Waals surface area contributed by atoms with Crippen molar-refractivity contribution in [1.82, 2.24) is 0 Å². The van der Waals surface area contributed by atoms with E-state index in [-0.39, 0.29) is 164 Å². The van der Waals surface area contributed by atoms with Gasteiger partial charge in [0.1, 0.15) is 5.60 Å². The first-order valence-corrected chi connectivity index (χ1v) is 47.2. The number of ketones is 8. The maximum atomic E-state index is 17.4. The summed E-state index contributed by atoms with van der Waals surface area (Å²) in [6.07, 6.45) is 17.9. The molecule has 0 aromatic rings. The molecule has 16 aliphatic carbocycles. The Hall–Kier alpha value is -8.19. The third kappa shape index (κ3) is 16.1. The fourth-order valence-electron chi connectivity index (χ4n) is 29.9. The zero-order valence-corrected chi connectivity index (χ0v) is 78.6. The van der Waals surface area contributed by atoms with Crippen LogP contribution >= 0.6 is 11.6 Å². The van der Waals surface area contributed by atoms with E-state index in [1.165, 1.54) is 43.4 Å². The summed E-state index contributed by atoms with van der Waals surface area (Å²) in [4.78, 5) is 161. The SMILES string of the molecule is C.C.C.C.C=C1C[C@H]2[C@@H]3CCC4=CC(=O)C=C[C@]4(C)[C@@]3(F)[C@@H](O)C[C@]2(C)[C@@]1(O)C(=O)COC(C)=O.CCC(=O)OCC(=O)[C@@]1(OC(=O)CC)[C@@H](C)C[C@H]2[C@@H]3CCC4=CC(=O)C=C[C@]4(C)[C@@]3(F)[C@@H](O)C[C@@]21C.CCOC(=O)OCC(=O)[C@@]1(OC(=O)OCC)CC[C@H]2[C@@H]3CCC4=CC(=O)C=C[C@]4(C)[C@H]3[C@@H](O)C[C@@]21C.C[C@H]1C[C@H]2[C@@H]3CCC4=CC(=O)C=C[C@]4(C)[C@@]3(F)[C@@H](O)C[C@]2(C)[C@@]1(O)C(=O)CCl. The lowest BCUT2D eigenvalue weighted by Gasteiger charge is -2.62. The monoisotopic (exact) mass is 1910 g/mol. The number of fused-ring (bicyclic) bond motifs is 20. The molecule has 12 fully saturated rings. The van der Waals surface area contributed by atoms with E-state index >= 15 is 13.2 Å². The summed E-state index contributed by atoms with van der Waals surface area (Å²) in [5.41, 5.74) is -17.6. The number of aliphatic hydroxyl groups excluding tert-OH is 4. The van der Waals surface area contributed by atoms with Gasteiger partial charge in [-0.25, -0.2) is 22.8 Å². The van der Waals surface area contributed by atoms with Crippen molar-refractivity contribution in [3.05, 3.63) is 107 Å². The number of hydrogen-bond donors (Lipinski definition) is 6. The number of hydrogen-bond acceptors (Lipinski definition) is 26. The van der Waals surface area contributed by atoms with Crippen molar-refractivity contribution in [2.24, 2.45) is 108 Å². The second-order valence-corrected chi connectivity index (χ2v) is 42.1. The number of alkyl halides is 4. The lowest BCUT2D eigenvalue weighted by Crippen LogP contribution is -2.70. The van der Waals surface area contributed by atoms with Gasteiger partial charge in [-0.15, -0.1) is 11.6 Å². The normalized spacial score (nSPS) is 43.3. The highest BCUT2D eigenvalue weighted by atomic mass is 35.5. The Labute approximate surface area is 797 Å². The van der Waals surface area contributed by atoms with E-state index in [2.05, 4.69) is 13.5 Å². The van der Waals surface area contributed by atoms with Crippen LogP contribution in [-0.4, -0.2) is 210 Å². The Bertz CT molecular complexity index is 5020. The number of carbonyl (C=O) groups is 13. The quantitative estimate of drug-likeness (QED) is 0.0341. The van der Waals surface area contributed by atoms with Crippen LogP contribution < -0.4 is 0 Å². The van der Waals surface area contributed by atoms with Crippen LogP contribution in [0, 0.1) is 108 Å². The number of carbonyl (C=O) groups excluding carboxylic acids is 13. The number of halogens is 4. The molecule has 750 valence electrons. The van der Waals surface area contributed by atoms with E-state index in [4.69, 9.17) is 44.8 Å². The van der Waals surface area contributed by atoms with Crippen LogP contribution in [0.4, 0.5) is 22.8 Å². The molecule has 16 rings (SSSR count). The topological polar surface area (TPSA) is 408 Å². The summed E-state index contributed by atoms with van der Waals surface area (Å²) < 4.78 is 87.9. The van der Waals surface area contributed by atoms with Gasteiger partial charge in [0.2, 0.25) is 17.3 Å². The van der Waals surface area contributed by atoms with Crippen molar-refractivity contribution >= 4 is 88.1 Å². The molecule has 0 amide bonds. The van der Waals surface area contributed by atoms with E-state index in [1.807, 2.05) is 33.8 Å². The van der Waals surface area contributed by atoms with Gasteiger partial charge in [-0.05, 0) is 233 Å². The number of aliphatic hydroxyl groups is 6. The molecule has 135 heavy (non-hydrogen) atoms. The van der Waals surface area contributed by atoms with E-state index in [9.17, 15) is 93.0 Å². The molecule has 30 atom stereocenters. The van der Waals surface area contributed by atoms with Crippen molar-refractivity contribution in [3.63, 3.8) is 0 Å². The Kier molecular flexibility index (Phi) is 31.7. The minimum atomic E-state index is -2.05. The molecule has 12 saturated carbocycles.